The van der Waals surface area contributed by atoms with Gasteiger partial charge < -0.3 is 20.5 Å². The van der Waals surface area contributed by atoms with Gasteiger partial charge in [-0.15, -0.1) is 0 Å². The molecular weight excluding hydrogens is 508 g/mol. The van der Waals surface area contributed by atoms with E-state index in [-0.39, 0.29) is 23.1 Å². The van der Waals surface area contributed by atoms with Crippen LogP contribution in [0.2, 0.25) is 10.0 Å². The van der Waals surface area contributed by atoms with Gasteiger partial charge in [-0.25, -0.2) is 18.0 Å². The smallest absolute Gasteiger partial charge is 0.326 e. The van der Waals surface area contributed by atoms with Gasteiger partial charge in [0, 0.05) is 24.1 Å². The first-order valence-electron chi connectivity index (χ1n) is 10.3. The molecule has 3 aromatic rings. The Kier molecular flexibility index (Phi) is 7.09. The zero-order chi connectivity index (χ0) is 25.3. The third-order valence-corrected chi connectivity index (χ3v) is 5.98. The Morgan fingerprint density at radius 3 is 2.37 bits per heavy atom. The zero-order valence-corrected chi connectivity index (χ0v) is 19.3. The normalized spacial score (nSPS) is 13.3. The van der Waals surface area contributed by atoms with E-state index in [0.29, 0.717) is 34.7 Å². The lowest BCUT2D eigenvalue weighted by molar-refractivity contribution is -0.139. The highest BCUT2D eigenvalue weighted by Gasteiger charge is 2.28. The molecule has 11 heteroatoms. The van der Waals surface area contributed by atoms with Crippen molar-refractivity contribution in [2.24, 2.45) is 0 Å². The van der Waals surface area contributed by atoms with Crippen LogP contribution in [0.1, 0.15) is 15.9 Å². The second kappa shape index (κ2) is 10.1. The molecule has 3 aromatic carbocycles. The van der Waals surface area contributed by atoms with E-state index in [9.17, 15) is 27.9 Å². The Balaban J connectivity index is 1.69. The number of halogens is 5. The molecule has 0 saturated carbocycles. The van der Waals surface area contributed by atoms with Crippen LogP contribution < -0.4 is 15.4 Å². The first kappa shape index (κ1) is 24.7. The SMILES string of the molecule is O=C(NC(Cc1ccc(-c2c(Cl)cc(F)cc2Cl)c2c1OCCN2)C(=O)O)c1c(F)cccc1F. The van der Waals surface area contributed by atoms with Gasteiger partial charge in [-0.05, 0) is 29.8 Å². The predicted molar refractivity (Wildman–Crippen MR) is 125 cm³/mol. The molecule has 0 aliphatic carbocycles. The molecule has 1 heterocycles. The van der Waals surface area contributed by atoms with Crippen LogP contribution in [0, 0.1) is 17.5 Å². The van der Waals surface area contributed by atoms with E-state index in [1.807, 2.05) is 0 Å². The molecule has 1 aliphatic heterocycles. The Labute approximate surface area is 207 Å². The quantitative estimate of drug-likeness (QED) is 0.406. The van der Waals surface area contributed by atoms with Gasteiger partial charge in [0.05, 0.1) is 15.7 Å². The fourth-order valence-electron chi connectivity index (χ4n) is 3.83. The van der Waals surface area contributed by atoms with Gasteiger partial charge in [0.2, 0.25) is 0 Å². The highest BCUT2D eigenvalue weighted by Crippen LogP contribution is 2.45. The number of nitrogens with one attached hydrogen (secondary N) is 2. The Morgan fingerprint density at radius 1 is 1.09 bits per heavy atom. The minimum absolute atomic E-state index is 0.0694. The van der Waals surface area contributed by atoms with Gasteiger partial charge in [-0.2, -0.15) is 0 Å². The van der Waals surface area contributed by atoms with Crippen molar-refractivity contribution in [3.63, 3.8) is 0 Å². The summed E-state index contributed by atoms with van der Waals surface area (Å²) in [5.74, 6) is -5.17. The molecule has 6 nitrogen and oxygen atoms in total. The van der Waals surface area contributed by atoms with Crippen LogP contribution in [0.5, 0.6) is 5.75 Å². The number of ether oxygens (including phenoxy) is 1. The largest absolute Gasteiger partial charge is 0.489 e. The van der Waals surface area contributed by atoms with E-state index in [2.05, 4.69) is 10.6 Å². The van der Waals surface area contributed by atoms with Crippen molar-refractivity contribution in [3.05, 3.63) is 81.1 Å². The molecule has 1 unspecified atom stereocenters. The van der Waals surface area contributed by atoms with Crippen LogP contribution in [0.4, 0.5) is 18.9 Å². The molecule has 0 fully saturated rings. The third kappa shape index (κ3) is 5.01. The fraction of sp³-hybridized carbons (Fsp3) is 0.167. The van der Waals surface area contributed by atoms with Crippen molar-refractivity contribution in [1.82, 2.24) is 5.32 Å². The number of hydrogen-bond acceptors (Lipinski definition) is 4. The summed E-state index contributed by atoms with van der Waals surface area (Å²) in [6, 6.07) is 6.76. The van der Waals surface area contributed by atoms with Gasteiger partial charge in [-0.1, -0.05) is 41.4 Å². The number of carboxylic acid groups (broad SMARTS) is 1. The van der Waals surface area contributed by atoms with E-state index >= 15 is 0 Å². The van der Waals surface area contributed by atoms with E-state index in [1.165, 1.54) is 0 Å². The molecule has 0 spiro atoms. The number of carbonyl (C=O) groups excluding carboxylic acids is 1. The van der Waals surface area contributed by atoms with Crippen LogP contribution >= 0.6 is 23.2 Å². The van der Waals surface area contributed by atoms with E-state index in [0.717, 1.165) is 30.3 Å². The molecule has 0 aromatic heterocycles. The molecule has 1 atom stereocenters. The number of carbonyl (C=O) groups is 2. The number of benzene rings is 3. The summed E-state index contributed by atoms with van der Waals surface area (Å²) in [6.07, 6.45) is -0.258. The maximum atomic E-state index is 14.0. The van der Waals surface area contributed by atoms with E-state index < -0.39 is 40.9 Å². The van der Waals surface area contributed by atoms with Crippen LogP contribution in [0.25, 0.3) is 11.1 Å². The maximum Gasteiger partial charge on any atom is 0.326 e. The number of anilines is 1. The van der Waals surface area contributed by atoms with Gasteiger partial charge in [0.15, 0.2) is 0 Å². The number of rotatable bonds is 6. The lowest BCUT2D eigenvalue weighted by atomic mass is 9.96. The van der Waals surface area contributed by atoms with Crippen molar-refractivity contribution < 1.29 is 32.6 Å². The lowest BCUT2D eigenvalue weighted by Crippen LogP contribution is -2.43. The number of carboxylic acids is 1. The highest BCUT2D eigenvalue weighted by atomic mass is 35.5. The maximum absolute atomic E-state index is 14.0. The van der Waals surface area contributed by atoms with Crippen molar-refractivity contribution in [2.75, 3.05) is 18.5 Å². The second-order valence-corrected chi connectivity index (χ2v) is 8.48. The summed E-state index contributed by atoms with van der Waals surface area (Å²) in [6.45, 7) is 0.685. The fourth-order valence-corrected chi connectivity index (χ4v) is 4.49. The summed E-state index contributed by atoms with van der Waals surface area (Å²) in [5.41, 5.74) is 0.831. The minimum atomic E-state index is -1.53. The topological polar surface area (TPSA) is 87.7 Å². The third-order valence-electron chi connectivity index (χ3n) is 5.38. The van der Waals surface area contributed by atoms with Crippen molar-refractivity contribution in [3.8, 4) is 16.9 Å². The monoisotopic (exact) mass is 524 g/mol. The molecule has 0 saturated heterocycles. The molecule has 35 heavy (non-hydrogen) atoms. The summed E-state index contributed by atoms with van der Waals surface area (Å²) in [4.78, 5) is 24.4. The average Bonchev–Trinajstić information content (AvgIpc) is 2.79. The van der Waals surface area contributed by atoms with Crippen LogP contribution in [0.3, 0.4) is 0 Å². The second-order valence-electron chi connectivity index (χ2n) is 7.66. The van der Waals surface area contributed by atoms with Gasteiger partial charge in [0.1, 0.15) is 41.4 Å². The van der Waals surface area contributed by atoms with Gasteiger partial charge in [0.25, 0.3) is 5.91 Å². The molecule has 3 N–H and O–H groups in total. The van der Waals surface area contributed by atoms with Crippen LogP contribution in [-0.2, 0) is 11.2 Å². The number of amides is 1. The highest BCUT2D eigenvalue weighted by molar-refractivity contribution is 6.39. The number of hydrogen-bond donors (Lipinski definition) is 3. The summed E-state index contributed by atoms with van der Waals surface area (Å²) in [7, 11) is 0. The van der Waals surface area contributed by atoms with Crippen molar-refractivity contribution >= 4 is 40.8 Å². The number of aliphatic carboxylic acids is 1. The zero-order valence-electron chi connectivity index (χ0n) is 17.8. The Morgan fingerprint density at radius 2 is 1.74 bits per heavy atom. The molecule has 0 radical (unpaired) electrons. The summed E-state index contributed by atoms with van der Waals surface area (Å²) >= 11 is 12.5. The summed E-state index contributed by atoms with van der Waals surface area (Å²) in [5, 5.41) is 15.1. The van der Waals surface area contributed by atoms with E-state index in [4.69, 9.17) is 27.9 Å². The molecule has 182 valence electrons. The van der Waals surface area contributed by atoms with Gasteiger partial charge in [-0.3, -0.25) is 4.79 Å². The Hall–Kier alpha value is -3.43. The molecule has 4 rings (SSSR count). The summed E-state index contributed by atoms with van der Waals surface area (Å²) < 4.78 is 47.4. The van der Waals surface area contributed by atoms with Crippen LogP contribution in [-0.4, -0.2) is 36.2 Å². The predicted octanol–water partition coefficient (Wildman–Crippen LogP) is 5.31. The first-order valence-corrected chi connectivity index (χ1v) is 11.1. The van der Waals surface area contributed by atoms with Crippen molar-refractivity contribution in [1.29, 1.82) is 0 Å². The lowest BCUT2D eigenvalue weighted by Gasteiger charge is -2.26. The van der Waals surface area contributed by atoms with Crippen LogP contribution in [0.15, 0.2) is 42.5 Å². The molecular formula is C24H17Cl2F3N2O4. The minimum Gasteiger partial charge on any atom is -0.489 e. The molecule has 1 amide bonds. The molecule has 0 bridgehead atoms. The Bertz CT molecular complexity index is 1290. The van der Waals surface area contributed by atoms with Crippen molar-refractivity contribution in [2.45, 2.75) is 12.5 Å². The molecule has 1 aliphatic rings. The standard InChI is InChI=1S/C24H17Cl2F3N2O4/c25-14-9-12(27)10-15(26)19(14)13-5-4-11(22-21(13)30-6-7-35-22)8-18(24(33)34)31-23(32)20-16(28)2-1-3-17(20)29/h1-5,9-10,18,30H,6-8H2,(H,31,32)(H,33,34). The van der Waals surface area contributed by atoms with Gasteiger partial charge >= 0.3 is 5.97 Å². The first-order chi connectivity index (χ1) is 16.7. The number of fused-ring (bicyclic) bond motifs is 1. The van der Waals surface area contributed by atoms with E-state index in [1.54, 1.807) is 12.1 Å². The average molecular weight is 525 g/mol.